The molecule has 5 aromatic rings. The monoisotopic (exact) mass is 416 g/mol. The Labute approximate surface area is 173 Å². The number of H-pyrrole nitrogens is 2. The Balaban J connectivity index is 1.57. The van der Waals surface area contributed by atoms with Crippen molar-refractivity contribution in [3.05, 3.63) is 67.1 Å². The number of nitrogens with zero attached hydrogens (tertiary/aromatic N) is 2. The van der Waals surface area contributed by atoms with Gasteiger partial charge in [-0.1, -0.05) is 24.3 Å². The van der Waals surface area contributed by atoms with Crippen molar-refractivity contribution in [2.75, 3.05) is 0 Å². The Morgan fingerprint density at radius 2 is 1.70 bits per heavy atom. The normalized spacial score (nSPS) is 12.2. The molecule has 6 nitrogen and oxygen atoms in total. The molecule has 0 fully saturated rings. The van der Waals surface area contributed by atoms with Gasteiger partial charge in [0.05, 0.1) is 22.0 Å². The van der Waals surface area contributed by atoms with E-state index in [2.05, 4.69) is 33.2 Å². The van der Waals surface area contributed by atoms with Crippen molar-refractivity contribution in [3.63, 3.8) is 0 Å². The van der Waals surface area contributed by atoms with E-state index in [1.165, 1.54) is 0 Å². The lowest BCUT2D eigenvalue weighted by Gasteiger charge is -2.08. The molecule has 150 valence electrons. The minimum Gasteiger partial charge on any atom is -0.361 e. The van der Waals surface area contributed by atoms with Crippen molar-refractivity contribution < 1.29 is 8.42 Å². The third kappa shape index (κ3) is 2.98. The fraction of sp³-hybridized carbons (Fsp3) is 0.130. The molecule has 3 heterocycles. The molecule has 2 N–H and O–H groups in total. The molecule has 7 heteroatoms. The van der Waals surface area contributed by atoms with Crippen LogP contribution in [0.3, 0.4) is 0 Å². The summed E-state index contributed by atoms with van der Waals surface area (Å²) in [7, 11) is -3.30. The molecule has 0 saturated carbocycles. The van der Waals surface area contributed by atoms with Crippen LogP contribution < -0.4 is 0 Å². The van der Waals surface area contributed by atoms with E-state index in [0.29, 0.717) is 16.2 Å². The molecule has 0 aliphatic rings. The molecule has 0 amide bonds. The summed E-state index contributed by atoms with van der Waals surface area (Å²) in [5.74, 6) is 0. The maximum Gasteiger partial charge on any atom is 0.180 e. The average molecular weight is 417 g/mol. The van der Waals surface area contributed by atoms with Crippen molar-refractivity contribution >= 4 is 31.9 Å². The van der Waals surface area contributed by atoms with E-state index in [1.54, 1.807) is 44.3 Å². The summed E-state index contributed by atoms with van der Waals surface area (Å²) in [6, 6.07) is 15.1. The molecule has 0 radical (unpaired) electrons. The van der Waals surface area contributed by atoms with E-state index in [4.69, 9.17) is 4.98 Å². The van der Waals surface area contributed by atoms with Gasteiger partial charge in [-0.05, 0) is 49.1 Å². The molecule has 3 aromatic heterocycles. The first-order valence-corrected chi connectivity index (χ1v) is 11.2. The number of fused-ring (bicyclic) bond motifs is 2. The first kappa shape index (κ1) is 18.6. The van der Waals surface area contributed by atoms with E-state index in [-0.39, 0.29) is 0 Å². The van der Waals surface area contributed by atoms with Crippen molar-refractivity contribution in [1.82, 2.24) is 19.9 Å². The van der Waals surface area contributed by atoms with Gasteiger partial charge in [0.15, 0.2) is 15.5 Å². The average Bonchev–Trinajstić information content (AvgIpc) is 3.39. The van der Waals surface area contributed by atoms with E-state index >= 15 is 0 Å². The van der Waals surface area contributed by atoms with Crippen molar-refractivity contribution in [2.45, 2.75) is 24.0 Å². The van der Waals surface area contributed by atoms with Crippen LogP contribution >= 0.6 is 0 Å². The highest BCUT2D eigenvalue weighted by atomic mass is 32.2. The van der Waals surface area contributed by atoms with Crippen molar-refractivity contribution in [3.8, 4) is 22.4 Å². The maximum atomic E-state index is 12.4. The zero-order valence-corrected chi connectivity index (χ0v) is 17.4. The zero-order chi connectivity index (χ0) is 20.9. The van der Waals surface area contributed by atoms with Crippen LogP contribution in [0.5, 0.6) is 0 Å². The van der Waals surface area contributed by atoms with Crippen LogP contribution in [-0.2, 0) is 9.84 Å². The molecular weight excluding hydrogens is 396 g/mol. The second-order valence-electron chi connectivity index (χ2n) is 7.55. The van der Waals surface area contributed by atoms with Crippen molar-refractivity contribution in [2.24, 2.45) is 0 Å². The minimum absolute atomic E-state index is 0.317. The number of sulfone groups is 1. The van der Waals surface area contributed by atoms with Crippen LogP contribution in [0, 0.1) is 0 Å². The van der Waals surface area contributed by atoms with Gasteiger partial charge in [-0.3, -0.25) is 0 Å². The third-order valence-electron chi connectivity index (χ3n) is 5.35. The second-order valence-corrected chi connectivity index (χ2v) is 10.1. The fourth-order valence-corrected chi connectivity index (χ4v) is 4.61. The Hall–Kier alpha value is -3.45. The number of rotatable bonds is 4. The summed E-state index contributed by atoms with van der Waals surface area (Å²) in [6.07, 6.45) is 5.53. The van der Waals surface area contributed by atoms with Gasteiger partial charge in [0.1, 0.15) is 5.52 Å². The molecule has 0 atom stereocenters. The summed E-state index contributed by atoms with van der Waals surface area (Å²) in [5.41, 5.74) is 6.07. The number of nitrogens with one attached hydrogen (secondary N) is 2. The summed E-state index contributed by atoms with van der Waals surface area (Å²) in [6.45, 7) is 3.36. The first-order valence-electron chi connectivity index (χ1n) is 9.69. The summed E-state index contributed by atoms with van der Waals surface area (Å²) < 4.78 is 24.7. The molecule has 0 spiro atoms. The van der Waals surface area contributed by atoms with E-state index in [0.717, 1.165) is 33.1 Å². The highest BCUT2D eigenvalue weighted by molar-refractivity contribution is 7.92. The Bertz CT molecular complexity index is 1480. The Morgan fingerprint density at radius 1 is 0.933 bits per heavy atom. The number of benzene rings is 2. The van der Waals surface area contributed by atoms with Gasteiger partial charge in [-0.2, -0.15) is 0 Å². The lowest BCUT2D eigenvalue weighted by molar-refractivity contribution is 0.587. The van der Waals surface area contributed by atoms with Gasteiger partial charge < -0.3 is 9.97 Å². The molecule has 2 aromatic carbocycles. The van der Waals surface area contributed by atoms with Gasteiger partial charge >= 0.3 is 0 Å². The second kappa shape index (κ2) is 6.81. The van der Waals surface area contributed by atoms with Crippen LogP contribution in [0.15, 0.2) is 72.0 Å². The van der Waals surface area contributed by atoms with Gasteiger partial charge in [0, 0.05) is 29.0 Å². The fourth-order valence-electron chi connectivity index (χ4n) is 3.55. The quantitative estimate of drug-likeness (QED) is 0.433. The van der Waals surface area contributed by atoms with Crippen LogP contribution in [0.2, 0.25) is 0 Å². The van der Waals surface area contributed by atoms with Crippen LogP contribution in [-0.4, -0.2) is 33.6 Å². The molecular formula is C23H20N4O2S. The molecule has 0 saturated heterocycles. The summed E-state index contributed by atoms with van der Waals surface area (Å²) in [5, 5.41) is 0.695. The lowest BCUT2D eigenvalue weighted by atomic mass is 10.1. The summed E-state index contributed by atoms with van der Waals surface area (Å²) in [4.78, 5) is 16.1. The smallest absolute Gasteiger partial charge is 0.180 e. The standard InChI is InChI=1S/C23H20N4O2S/c1-14(2)30(28,29)18-7-5-15(6-8-18)21-13-26-23-22(27-21)19(12-25-23)17-4-3-16-9-10-24-20(16)11-17/h3-14,24H,1-2H3,(H,25,26). The third-order valence-corrected chi connectivity index (χ3v) is 7.52. The molecule has 0 unspecified atom stereocenters. The van der Waals surface area contributed by atoms with Gasteiger partial charge in [-0.15, -0.1) is 0 Å². The Morgan fingerprint density at radius 3 is 2.47 bits per heavy atom. The number of hydrogen-bond acceptors (Lipinski definition) is 4. The highest BCUT2D eigenvalue weighted by Crippen LogP contribution is 2.30. The van der Waals surface area contributed by atoms with E-state index in [1.807, 2.05) is 18.5 Å². The number of aromatic nitrogens is 4. The zero-order valence-electron chi connectivity index (χ0n) is 16.5. The molecule has 0 aliphatic carbocycles. The van der Waals surface area contributed by atoms with E-state index in [9.17, 15) is 8.42 Å². The van der Waals surface area contributed by atoms with Gasteiger partial charge in [0.25, 0.3) is 0 Å². The Kier molecular flexibility index (Phi) is 4.22. The van der Waals surface area contributed by atoms with Gasteiger partial charge in [-0.25, -0.2) is 18.4 Å². The largest absolute Gasteiger partial charge is 0.361 e. The van der Waals surface area contributed by atoms with Crippen LogP contribution in [0.4, 0.5) is 0 Å². The maximum absolute atomic E-state index is 12.4. The predicted molar refractivity (Wildman–Crippen MR) is 119 cm³/mol. The lowest BCUT2D eigenvalue weighted by Crippen LogP contribution is -2.13. The number of aromatic amines is 2. The molecule has 0 bridgehead atoms. The molecule has 30 heavy (non-hydrogen) atoms. The number of hydrogen-bond donors (Lipinski definition) is 2. The first-order chi connectivity index (χ1) is 14.4. The highest BCUT2D eigenvalue weighted by Gasteiger charge is 2.19. The SMILES string of the molecule is CC(C)S(=O)(=O)c1ccc(-c2cnc3[nH]cc(-c4ccc5cc[nH]c5c4)c3n2)cc1. The minimum atomic E-state index is -3.30. The predicted octanol–water partition coefficient (Wildman–Crippen LogP) is 4.96. The van der Waals surface area contributed by atoms with Crippen LogP contribution in [0.1, 0.15) is 13.8 Å². The molecule has 0 aliphatic heterocycles. The van der Waals surface area contributed by atoms with E-state index < -0.39 is 15.1 Å². The van der Waals surface area contributed by atoms with Gasteiger partial charge in [0.2, 0.25) is 0 Å². The van der Waals surface area contributed by atoms with Crippen LogP contribution in [0.25, 0.3) is 44.5 Å². The topological polar surface area (TPSA) is 91.5 Å². The summed E-state index contributed by atoms with van der Waals surface area (Å²) >= 11 is 0. The van der Waals surface area contributed by atoms with Crippen molar-refractivity contribution in [1.29, 1.82) is 0 Å². The molecule has 5 rings (SSSR count).